The molecule has 2 aliphatic rings. The van der Waals surface area contributed by atoms with Gasteiger partial charge in [0.05, 0.1) is 6.10 Å². The van der Waals surface area contributed by atoms with E-state index in [0.29, 0.717) is 11.8 Å². The first-order valence-corrected chi connectivity index (χ1v) is 6.73. The van der Waals surface area contributed by atoms with E-state index in [-0.39, 0.29) is 6.10 Å². The Bertz CT molecular complexity index is 242. The molecule has 1 amide bonds. The maximum absolute atomic E-state index is 11.8. The van der Waals surface area contributed by atoms with Gasteiger partial charge in [-0.15, -0.1) is 0 Å². The highest BCUT2D eigenvalue weighted by Crippen LogP contribution is 2.28. The lowest BCUT2D eigenvalue weighted by Crippen LogP contribution is -2.33. The molecule has 0 aromatic rings. The molecule has 0 bridgehead atoms. The average molecular weight is 225 g/mol. The van der Waals surface area contributed by atoms with Crippen LogP contribution in [0.1, 0.15) is 51.4 Å². The number of aliphatic hydroxyl groups excluding tert-OH is 1. The maximum atomic E-state index is 11.8. The van der Waals surface area contributed by atoms with Crippen LogP contribution in [0.3, 0.4) is 0 Å². The summed E-state index contributed by atoms with van der Waals surface area (Å²) in [6.07, 6.45) is 8.26. The second kappa shape index (κ2) is 5.67. The van der Waals surface area contributed by atoms with E-state index >= 15 is 0 Å². The van der Waals surface area contributed by atoms with Crippen molar-refractivity contribution in [3.63, 3.8) is 0 Å². The van der Waals surface area contributed by atoms with Crippen molar-refractivity contribution in [3.05, 3.63) is 0 Å². The predicted octanol–water partition coefficient (Wildman–Crippen LogP) is 1.94. The van der Waals surface area contributed by atoms with E-state index in [1.165, 1.54) is 6.42 Å². The number of carbonyl (C=O) groups is 1. The van der Waals surface area contributed by atoms with Crippen molar-refractivity contribution in [2.24, 2.45) is 5.92 Å². The van der Waals surface area contributed by atoms with Crippen LogP contribution in [0, 0.1) is 5.92 Å². The number of rotatable bonds is 3. The molecule has 1 N–H and O–H groups in total. The topological polar surface area (TPSA) is 40.5 Å². The number of hydrogen-bond acceptors (Lipinski definition) is 2. The second-order valence-electron chi connectivity index (χ2n) is 5.24. The Hall–Kier alpha value is -0.570. The van der Waals surface area contributed by atoms with Crippen LogP contribution in [-0.4, -0.2) is 35.1 Å². The van der Waals surface area contributed by atoms with Crippen LogP contribution in [-0.2, 0) is 4.79 Å². The maximum Gasteiger partial charge on any atom is 0.222 e. The minimum atomic E-state index is -0.109. The van der Waals surface area contributed by atoms with Crippen molar-refractivity contribution in [3.8, 4) is 0 Å². The highest BCUT2D eigenvalue weighted by molar-refractivity contribution is 5.76. The Balaban J connectivity index is 1.77. The third-order valence-corrected chi connectivity index (χ3v) is 4.06. The van der Waals surface area contributed by atoms with Crippen molar-refractivity contribution in [1.82, 2.24) is 4.90 Å². The van der Waals surface area contributed by atoms with Gasteiger partial charge in [0.1, 0.15) is 0 Å². The van der Waals surface area contributed by atoms with E-state index in [2.05, 4.69) is 0 Å². The molecule has 0 aromatic carbocycles. The fourth-order valence-electron chi connectivity index (χ4n) is 2.95. The number of nitrogens with zero attached hydrogens (tertiary/aromatic N) is 1. The van der Waals surface area contributed by atoms with Gasteiger partial charge < -0.3 is 10.0 Å². The van der Waals surface area contributed by atoms with Gasteiger partial charge in [-0.25, -0.2) is 0 Å². The summed E-state index contributed by atoms with van der Waals surface area (Å²) in [5, 5.41) is 9.74. The standard InChI is InChI=1S/C13H23NO2/c15-12-6-4-5-11(12)8-10-14-9-3-1-2-7-13(14)16/h11-12,15H,1-10H2. The lowest BCUT2D eigenvalue weighted by atomic mass is 10.0. The van der Waals surface area contributed by atoms with Gasteiger partial charge in [0.25, 0.3) is 0 Å². The van der Waals surface area contributed by atoms with Crippen LogP contribution in [0.15, 0.2) is 0 Å². The molecule has 3 nitrogen and oxygen atoms in total. The first-order valence-electron chi connectivity index (χ1n) is 6.73. The summed E-state index contributed by atoms with van der Waals surface area (Å²) in [5.41, 5.74) is 0. The monoisotopic (exact) mass is 225 g/mol. The highest BCUT2D eigenvalue weighted by Gasteiger charge is 2.26. The SMILES string of the molecule is O=C1CCCCCN1CCC1CCCC1O. The average Bonchev–Trinajstić information content (AvgIpc) is 2.56. The van der Waals surface area contributed by atoms with E-state index in [9.17, 15) is 9.90 Å². The molecule has 2 atom stereocenters. The van der Waals surface area contributed by atoms with Crippen molar-refractivity contribution in [2.75, 3.05) is 13.1 Å². The summed E-state index contributed by atoms with van der Waals surface area (Å²) >= 11 is 0. The van der Waals surface area contributed by atoms with Gasteiger partial charge >= 0.3 is 0 Å². The molecule has 2 fully saturated rings. The van der Waals surface area contributed by atoms with Crippen molar-refractivity contribution in [1.29, 1.82) is 0 Å². The van der Waals surface area contributed by atoms with E-state index in [1.807, 2.05) is 4.90 Å². The third-order valence-electron chi connectivity index (χ3n) is 4.06. The molecule has 92 valence electrons. The second-order valence-corrected chi connectivity index (χ2v) is 5.24. The molecule has 0 radical (unpaired) electrons. The zero-order valence-electron chi connectivity index (χ0n) is 10.0. The van der Waals surface area contributed by atoms with E-state index in [1.54, 1.807) is 0 Å². The smallest absolute Gasteiger partial charge is 0.222 e. The van der Waals surface area contributed by atoms with Crippen LogP contribution >= 0.6 is 0 Å². The Morgan fingerprint density at radius 2 is 2.06 bits per heavy atom. The molecule has 1 aliphatic heterocycles. The number of carbonyl (C=O) groups excluding carboxylic acids is 1. The molecule has 2 unspecified atom stereocenters. The number of likely N-dealkylation sites (tertiary alicyclic amines) is 1. The molecule has 0 aromatic heterocycles. The fraction of sp³-hybridized carbons (Fsp3) is 0.923. The molecular weight excluding hydrogens is 202 g/mol. The first kappa shape index (κ1) is 11.9. The molecule has 1 heterocycles. The molecule has 1 aliphatic carbocycles. The Morgan fingerprint density at radius 3 is 2.81 bits per heavy atom. The third kappa shape index (κ3) is 2.97. The fourth-order valence-corrected chi connectivity index (χ4v) is 2.95. The molecule has 16 heavy (non-hydrogen) atoms. The highest BCUT2D eigenvalue weighted by atomic mass is 16.3. The number of amides is 1. The predicted molar refractivity (Wildman–Crippen MR) is 63.0 cm³/mol. The normalized spacial score (nSPS) is 31.8. The number of hydrogen-bond donors (Lipinski definition) is 1. The van der Waals surface area contributed by atoms with Crippen molar-refractivity contribution in [2.45, 2.75) is 57.5 Å². The minimum Gasteiger partial charge on any atom is -0.393 e. The Morgan fingerprint density at radius 1 is 1.19 bits per heavy atom. The van der Waals surface area contributed by atoms with Gasteiger partial charge in [-0.2, -0.15) is 0 Å². The van der Waals surface area contributed by atoms with Gasteiger partial charge in [-0.1, -0.05) is 12.8 Å². The van der Waals surface area contributed by atoms with E-state index < -0.39 is 0 Å². The van der Waals surface area contributed by atoms with Gasteiger partial charge in [-0.05, 0) is 38.0 Å². The van der Waals surface area contributed by atoms with Gasteiger partial charge in [0.2, 0.25) is 5.91 Å². The number of aliphatic hydroxyl groups is 1. The van der Waals surface area contributed by atoms with Crippen LogP contribution in [0.5, 0.6) is 0 Å². The molecular formula is C13H23NO2. The first-order chi connectivity index (χ1) is 7.77. The lowest BCUT2D eigenvalue weighted by molar-refractivity contribution is -0.131. The van der Waals surface area contributed by atoms with Gasteiger partial charge in [0.15, 0.2) is 0 Å². The summed E-state index contributed by atoms with van der Waals surface area (Å²) in [4.78, 5) is 13.8. The summed E-state index contributed by atoms with van der Waals surface area (Å²) in [5.74, 6) is 0.765. The summed E-state index contributed by atoms with van der Waals surface area (Å²) in [7, 11) is 0. The van der Waals surface area contributed by atoms with Gasteiger partial charge in [0, 0.05) is 19.5 Å². The quantitative estimate of drug-likeness (QED) is 0.797. The zero-order valence-corrected chi connectivity index (χ0v) is 10.0. The molecule has 2 rings (SSSR count). The Labute approximate surface area is 97.8 Å². The summed E-state index contributed by atoms with van der Waals surface area (Å²) < 4.78 is 0. The van der Waals surface area contributed by atoms with E-state index in [0.717, 1.165) is 58.0 Å². The van der Waals surface area contributed by atoms with Crippen LogP contribution < -0.4 is 0 Å². The van der Waals surface area contributed by atoms with Crippen LogP contribution in [0.25, 0.3) is 0 Å². The zero-order chi connectivity index (χ0) is 11.4. The largest absolute Gasteiger partial charge is 0.393 e. The Kier molecular flexibility index (Phi) is 4.22. The molecule has 1 saturated heterocycles. The van der Waals surface area contributed by atoms with Gasteiger partial charge in [-0.3, -0.25) is 4.79 Å². The van der Waals surface area contributed by atoms with E-state index in [4.69, 9.17) is 0 Å². The van der Waals surface area contributed by atoms with Crippen LogP contribution in [0.2, 0.25) is 0 Å². The van der Waals surface area contributed by atoms with Crippen molar-refractivity contribution >= 4 is 5.91 Å². The summed E-state index contributed by atoms with van der Waals surface area (Å²) in [6, 6.07) is 0. The summed E-state index contributed by atoms with van der Waals surface area (Å²) in [6.45, 7) is 1.79. The minimum absolute atomic E-state index is 0.109. The molecule has 0 spiro atoms. The molecule has 1 saturated carbocycles. The van der Waals surface area contributed by atoms with Crippen LogP contribution in [0.4, 0.5) is 0 Å². The van der Waals surface area contributed by atoms with Crippen molar-refractivity contribution < 1.29 is 9.90 Å². The lowest BCUT2D eigenvalue weighted by Gasteiger charge is -2.23. The molecule has 3 heteroatoms.